The maximum Gasteiger partial charge on any atom is 0.228 e. The maximum atomic E-state index is 6.49. The van der Waals surface area contributed by atoms with Gasteiger partial charge in [-0.15, -0.1) is 24.8 Å². The van der Waals surface area contributed by atoms with Gasteiger partial charge in [0, 0.05) is 50.1 Å². The molecule has 1 saturated heterocycles. The molecule has 1 aliphatic heterocycles. The molecular formula is C17H21Cl3N6O. The minimum Gasteiger partial charge on any atom is -0.353 e. The molecule has 3 heterocycles. The zero-order valence-electron chi connectivity index (χ0n) is 14.5. The molecule has 4 rings (SSSR count). The van der Waals surface area contributed by atoms with Crippen LogP contribution in [-0.4, -0.2) is 47.8 Å². The second-order valence-corrected chi connectivity index (χ2v) is 6.40. The van der Waals surface area contributed by atoms with Crippen LogP contribution in [0.1, 0.15) is 5.89 Å². The van der Waals surface area contributed by atoms with Crippen LogP contribution in [0.3, 0.4) is 0 Å². The Labute approximate surface area is 174 Å². The Morgan fingerprint density at radius 1 is 1.15 bits per heavy atom. The lowest BCUT2D eigenvalue weighted by molar-refractivity contribution is 0.380. The molecule has 0 radical (unpaired) electrons. The third kappa shape index (κ3) is 4.62. The van der Waals surface area contributed by atoms with Gasteiger partial charge in [-0.05, 0) is 24.3 Å². The molecule has 0 aliphatic carbocycles. The van der Waals surface area contributed by atoms with Gasteiger partial charge in [-0.25, -0.2) is 4.98 Å². The Hall–Kier alpha value is -1.64. The van der Waals surface area contributed by atoms with Crippen molar-refractivity contribution in [2.75, 3.05) is 37.6 Å². The lowest BCUT2D eigenvalue weighted by atomic mass is 10.1. The zero-order valence-corrected chi connectivity index (χ0v) is 16.9. The average molecular weight is 432 g/mol. The number of pyridine rings is 1. The second-order valence-electron chi connectivity index (χ2n) is 5.99. The van der Waals surface area contributed by atoms with Crippen molar-refractivity contribution in [1.29, 1.82) is 0 Å². The van der Waals surface area contributed by atoms with Gasteiger partial charge < -0.3 is 20.5 Å². The molecule has 1 aliphatic rings. The fourth-order valence-electron chi connectivity index (χ4n) is 2.98. The smallest absolute Gasteiger partial charge is 0.228 e. The standard InChI is InChI=1S/C17H19ClN6O.2ClH/c18-13-10-12-9-11(16-22-15(3-4-19)25-23-16)1-2-14(12)21-17(13)24-7-5-20-6-8-24;;/h1-2,9-10,20H,3-8,19H2;2*1H. The van der Waals surface area contributed by atoms with Gasteiger partial charge in [0.15, 0.2) is 0 Å². The summed E-state index contributed by atoms with van der Waals surface area (Å²) in [5.41, 5.74) is 7.28. The summed E-state index contributed by atoms with van der Waals surface area (Å²) in [6.07, 6.45) is 0.571. The van der Waals surface area contributed by atoms with Gasteiger partial charge in [0.05, 0.1) is 10.5 Å². The van der Waals surface area contributed by atoms with Crippen LogP contribution < -0.4 is 16.0 Å². The molecular weight excluding hydrogens is 411 g/mol. The highest BCUT2D eigenvalue weighted by Gasteiger charge is 2.16. The summed E-state index contributed by atoms with van der Waals surface area (Å²) in [6.45, 7) is 4.18. The molecule has 0 bridgehead atoms. The summed E-state index contributed by atoms with van der Waals surface area (Å²) < 4.78 is 5.20. The topological polar surface area (TPSA) is 93.1 Å². The minimum atomic E-state index is 0. The summed E-state index contributed by atoms with van der Waals surface area (Å²) in [6, 6.07) is 7.84. The van der Waals surface area contributed by atoms with E-state index in [4.69, 9.17) is 26.8 Å². The number of piperazine rings is 1. The van der Waals surface area contributed by atoms with Gasteiger partial charge in [-0.1, -0.05) is 16.8 Å². The first-order valence-corrected chi connectivity index (χ1v) is 8.71. The van der Waals surface area contributed by atoms with E-state index in [-0.39, 0.29) is 24.8 Å². The van der Waals surface area contributed by atoms with Crippen LogP contribution in [-0.2, 0) is 6.42 Å². The highest BCUT2D eigenvalue weighted by atomic mass is 35.5. The molecule has 1 aromatic carbocycles. The van der Waals surface area contributed by atoms with Crippen LogP contribution in [0.15, 0.2) is 28.8 Å². The van der Waals surface area contributed by atoms with Crippen LogP contribution in [0.5, 0.6) is 0 Å². The van der Waals surface area contributed by atoms with Crippen molar-refractivity contribution >= 4 is 53.1 Å². The highest BCUT2D eigenvalue weighted by Crippen LogP contribution is 2.30. The molecule has 146 valence electrons. The van der Waals surface area contributed by atoms with Crippen molar-refractivity contribution in [3.63, 3.8) is 0 Å². The third-order valence-corrected chi connectivity index (χ3v) is 4.53. The van der Waals surface area contributed by atoms with Gasteiger partial charge in [0.1, 0.15) is 5.82 Å². The Morgan fingerprint density at radius 3 is 2.67 bits per heavy atom. The first kappa shape index (κ1) is 21.7. The SMILES string of the molecule is Cl.Cl.NCCc1nc(-c2ccc3nc(N4CCNCC4)c(Cl)cc3c2)no1. The van der Waals surface area contributed by atoms with Crippen molar-refractivity contribution < 1.29 is 4.52 Å². The molecule has 0 atom stereocenters. The third-order valence-electron chi connectivity index (χ3n) is 4.25. The number of halogens is 3. The van der Waals surface area contributed by atoms with E-state index < -0.39 is 0 Å². The van der Waals surface area contributed by atoms with Crippen LogP contribution in [0, 0.1) is 0 Å². The van der Waals surface area contributed by atoms with E-state index in [2.05, 4.69) is 20.4 Å². The van der Waals surface area contributed by atoms with E-state index >= 15 is 0 Å². The van der Waals surface area contributed by atoms with E-state index in [1.807, 2.05) is 24.3 Å². The number of nitrogens with two attached hydrogens (primary N) is 1. The van der Waals surface area contributed by atoms with Crippen molar-refractivity contribution in [2.45, 2.75) is 6.42 Å². The Bertz CT molecular complexity index is 898. The number of fused-ring (bicyclic) bond motifs is 1. The van der Waals surface area contributed by atoms with Gasteiger partial charge >= 0.3 is 0 Å². The monoisotopic (exact) mass is 430 g/mol. The summed E-state index contributed by atoms with van der Waals surface area (Å²) >= 11 is 6.49. The van der Waals surface area contributed by atoms with E-state index in [9.17, 15) is 0 Å². The number of aromatic nitrogens is 3. The van der Waals surface area contributed by atoms with E-state index in [0.29, 0.717) is 29.7 Å². The Morgan fingerprint density at radius 2 is 1.93 bits per heavy atom. The fourth-order valence-corrected chi connectivity index (χ4v) is 3.25. The van der Waals surface area contributed by atoms with Crippen molar-refractivity contribution in [3.05, 3.63) is 35.2 Å². The number of anilines is 1. The molecule has 0 spiro atoms. The Kier molecular flexibility index (Phi) is 7.64. The van der Waals surface area contributed by atoms with Crippen LogP contribution in [0.4, 0.5) is 5.82 Å². The van der Waals surface area contributed by atoms with Crippen molar-refractivity contribution in [3.8, 4) is 11.4 Å². The quantitative estimate of drug-likeness (QED) is 0.656. The van der Waals surface area contributed by atoms with Crippen molar-refractivity contribution in [2.24, 2.45) is 5.73 Å². The number of hydrogen-bond acceptors (Lipinski definition) is 7. The lowest BCUT2D eigenvalue weighted by Crippen LogP contribution is -2.44. The van der Waals surface area contributed by atoms with Crippen LogP contribution in [0.2, 0.25) is 5.02 Å². The molecule has 0 amide bonds. The summed E-state index contributed by atoms with van der Waals surface area (Å²) in [5, 5.41) is 8.96. The first-order chi connectivity index (χ1) is 12.2. The van der Waals surface area contributed by atoms with Crippen LogP contribution in [0.25, 0.3) is 22.3 Å². The van der Waals surface area contributed by atoms with E-state index in [1.54, 1.807) is 0 Å². The minimum absolute atomic E-state index is 0. The fraction of sp³-hybridized carbons (Fsp3) is 0.353. The molecule has 3 N–H and O–H groups in total. The predicted molar refractivity (Wildman–Crippen MR) is 112 cm³/mol. The summed E-state index contributed by atoms with van der Waals surface area (Å²) in [4.78, 5) is 11.3. The number of rotatable bonds is 4. The van der Waals surface area contributed by atoms with E-state index in [1.165, 1.54) is 0 Å². The van der Waals surface area contributed by atoms with Gasteiger partial charge in [-0.3, -0.25) is 0 Å². The van der Waals surface area contributed by atoms with Crippen LogP contribution >= 0.6 is 36.4 Å². The summed E-state index contributed by atoms with van der Waals surface area (Å²) in [5.74, 6) is 1.93. The molecule has 0 saturated carbocycles. The molecule has 1 fully saturated rings. The number of nitrogens with one attached hydrogen (secondary N) is 1. The average Bonchev–Trinajstić information content (AvgIpc) is 3.10. The number of benzene rings is 1. The van der Waals surface area contributed by atoms with Crippen molar-refractivity contribution in [1.82, 2.24) is 20.4 Å². The summed E-state index contributed by atoms with van der Waals surface area (Å²) in [7, 11) is 0. The lowest BCUT2D eigenvalue weighted by Gasteiger charge is -2.29. The number of hydrogen-bond donors (Lipinski definition) is 2. The molecule has 27 heavy (non-hydrogen) atoms. The maximum absolute atomic E-state index is 6.49. The Balaban J connectivity index is 0.00000131. The van der Waals surface area contributed by atoms with E-state index in [0.717, 1.165) is 48.5 Å². The second kappa shape index (κ2) is 9.52. The molecule has 7 nitrogen and oxygen atoms in total. The molecule has 2 aromatic heterocycles. The highest BCUT2D eigenvalue weighted by molar-refractivity contribution is 6.33. The zero-order chi connectivity index (χ0) is 17.2. The predicted octanol–water partition coefficient (Wildman–Crippen LogP) is 2.69. The van der Waals surface area contributed by atoms with Gasteiger partial charge in [0.25, 0.3) is 0 Å². The molecule has 3 aromatic rings. The van der Waals surface area contributed by atoms with Gasteiger partial charge in [0.2, 0.25) is 11.7 Å². The molecule has 0 unspecified atom stereocenters. The normalized spacial score (nSPS) is 13.9. The number of nitrogens with zero attached hydrogens (tertiary/aromatic N) is 4. The van der Waals surface area contributed by atoms with Gasteiger partial charge in [-0.2, -0.15) is 4.98 Å². The first-order valence-electron chi connectivity index (χ1n) is 8.33. The largest absolute Gasteiger partial charge is 0.353 e. The molecule has 10 heteroatoms.